The first-order valence-corrected chi connectivity index (χ1v) is 15.5. The van der Waals surface area contributed by atoms with Gasteiger partial charge in [0.25, 0.3) is 5.69 Å². The molecule has 3 aromatic rings. The van der Waals surface area contributed by atoms with Crippen molar-refractivity contribution >= 4 is 33.0 Å². The maximum atomic E-state index is 13.6. The van der Waals surface area contributed by atoms with Crippen LogP contribution in [0.5, 0.6) is 5.75 Å². The maximum absolute atomic E-state index is 13.6. The number of hydrogen-bond donors (Lipinski definition) is 0. The topological polar surface area (TPSA) is 128 Å². The lowest BCUT2D eigenvalue weighted by atomic mass is 10.1. The van der Waals surface area contributed by atoms with Gasteiger partial charge in [0.05, 0.1) is 29.2 Å². The maximum Gasteiger partial charge on any atom is 0.316 e. The Morgan fingerprint density at radius 1 is 1.12 bits per heavy atom. The number of aromatic nitrogens is 2. The van der Waals surface area contributed by atoms with Gasteiger partial charge in [0.1, 0.15) is 5.69 Å². The van der Waals surface area contributed by atoms with E-state index in [1.54, 1.807) is 42.6 Å². The fourth-order valence-electron chi connectivity index (χ4n) is 4.86. The van der Waals surface area contributed by atoms with Gasteiger partial charge in [-0.2, -0.15) is 14.1 Å². The van der Waals surface area contributed by atoms with Crippen LogP contribution in [0.15, 0.2) is 53.5 Å². The molecule has 1 saturated heterocycles. The summed E-state index contributed by atoms with van der Waals surface area (Å²) in [5.74, 6) is -0.158. The molecule has 1 aliphatic carbocycles. The molecule has 0 radical (unpaired) electrons. The number of nitro benzene ring substituents is 1. The molecular formula is C28H32ClN5O6S. The first-order valence-electron chi connectivity index (χ1n) is 13.5. The van der Waals surface area contributed by atoms with Crippen LogP contribution in [-0.2, 0) is 22.2 Å². The number of sulfonamides is 1. The highest BCUT2D eigenvalue weighted by Crippen LogP contribution is 2.45. The second kappa shape index (κ2) is 11.4. The number of benzene rings is 2. The Hall–Kier alpha value is -3.48. The molecule has 0 amide bonds. The molecule has 2 aliphatic rings. The van der Waals surface area contributed by atoms with Crippen LogP contribution >= 0.6 is 11.6 Å². The van der Waals surface area contributed by atoms with Gasteiger partial charge in [-0.15, -0.1) is 0 Å². The molecule has 13 heteroatoms. The van der Waals surface area contributed by atoms with E-state index in [2.05, 4.69) is 12.0 Å². The minimum absolute atomic E-state index is 0.0328. The Morgan fingerprint density at radius 2 is 1.85 bits per heavy atom. The first-order chi connectivity index (χ1) is 19.5. The molecule has 1 saturated carbocycles. The summed E-state index contributed by atoms with van der Waals surface area (Å²) in [5.41, 5.74) is 1.50. The van der Waals surface area contributed by atoms with Gasteiger partial charge in [-0.25, -0.2) is 8.42 Å². The van der Waals surface area contributed by atoms with E-state index in [1.165, 1.54) is 15.1 Å². The van der Waals surface area contributed by atoms with Crippen LogP contribution in [0.4, 0.5) is 11.4 Å². The third-order valence-electron chi connectivity index (χ3n) is 7.69. The van der Waals surface area contributed by atoms with E-state index in [-0.39, 0.29) is 35.7 Å². The van der Waals surface area contributed by atoms with Crippen LogP contribution in [0.3, 0.4) is 0 Å². The molecule has 1 aromatic heterocycles. The number of rotatable bonds is 10. The van der Waals surface area contributed by atoms with Crippen molar-refractivity contribution in [1.29, 1.82) is 0 Å². The molecule has 0 bridgehead atoms. The number of aryl methyl sites for hydroxylation is 1. The Balaban J connectivity index is 1.35. The van der Waals surface area contributed by atoms with Crippen LogP contribution in [0.2, 0.25) is 5.02 Å². The van der Waals surface area contributed by atoms with Crippen molar-refractivity contribution in [1.82, 2.24) is 14.1 Å². The number of nitro groups is 1. The highest BCUT2D eigenvalue weighted by atomic mass is 35.5. The molecule has 2 aromatic carbocycles. The van der Waals surface area contributed by atoms with Crippen LogP contribution < -0.4 is 15.2 Å². The fourth-order valence-corrected chi connectivity index (χ4v) is 6.55. The molecule has 11 nitrogen and oxygen atoms in total. The summed E-state index contributed by atoms with van der Waals surface area (Å²) in [7, 11) is -3.73. The number of halogens is 1. The highest BCUT2D eigenvalue weighted by Gasteiger charge is 2.39. The number of nitrogens with zero attached hydrogens (tertiary/aromatic N) is 5. The van der Waals surface area contributed by atoms with Gasteiger partial charge < -0.3 is 9.64 Å². The number of piperazine rings is 1. The van der Waals surface area contributed by atoms with Gasteiger partial charge in [-0.1, -0.05) is 43.6 Å². The summed E-state index contributed by atoms with van der Waals surface area (Å²) in [5, 5.41) is 16.3. The van der Waals surface area contributed by atoms with Crippen LogP contribution in [-0.4, -0.2) is 60.2 Å². The molecule has 218 valence electrons. The highest BCUT2D eigenvalue weighted by molar-refractivity contribution is 7.88. The van der Waals surface area contributed by atoms with Gasteiger partial charge in [-0.3, -0.25) is 14.9 Å². The lowest BCUT2D eigenvalue weighted by molar-refractivity contribution is -0.385. The molecule has 1 aliphatic heterocycles. The molecule has 5 rings (SSSR count). The van der Waals surface area contributed by atoms with E-state index >= 15 is 0 Å². The third kappa shape index (κ3) is 6.39. The van der Waals surface area contributed by atoms with Crippen LogP contribution in [0.25, 0.3) is 5.69 Å². The van der Waals surface area contributed by atoms with E-state index in [0.29, 0.717) is 53.6 Å². The minimum atomic E-state index is -3.73. The predicted octanol–water partition coefficient (Wildman–Crippen LogP) is 4.19. The zero-order valence-electron chi connectivity index (χ0n) is 23.0. The van der Waals surface area contributed by atoms with E-state index in [0.717, 1.165) is 12.8 Å². The van der Waals surface area contributed by atoms with E-state index in [1.807, 2.05) is 11.8 Å². The molecule has 2 heterocycles. The first kappa shape index (κ1) is 29.0. The van der Waals surface area contributed by atoms with Crippen LogP contribution in [0, 0.1) is 15.5 Å². The molecule has 41 heavy (non-hydrogen) atoms. The van der Waals surface area contributed by atoms with Crippen molar-refractivity contribution in [3.63, 3.8) is 0 Å². The molecule has 0 unspecified atom stereocenters. The molecule has 0 atom stereocenters. The monoisotopic (exact) mass is 601 g/mol. The second-order valence-electron chi connectivity index (χ2n) is 10.9. The van der Waals surface area contributed by atoms with E-state index in [4.69, 9.17) is 16.3 Å². The molecule has 0 spiro atoms. The quantitative estimate of drug-likeness (QED) is 0.250. The summed E-state index contributed by atoms with van der Waals surface area (Å²) in [4.78, 5) is 26.4. The SMILES string of the molecule is CCc1ccc(CS(=O)(=O)N2CCN(c3cnn(-c4cccc(Cl)c4)c(=O)c3OCC3(C)CC3)CC2)cc1[N+](=O)[O-]. The van der Waals surface area contributed by atoms with Gasteiger partial charge in [0.2, 0.25) is 15.8 Å². The van der Waals surface area contributed by atoms with Crippen molar-refractivity contribution in [3.05, 3.63) is 85.3 Å². The zero-order valence-corrected chi connectivity index (χ0v) is 24.5. The van der Waals surface area contributed by atoms with Crippen molar-refractivity contribution in [2.75, 3.05) is 37.7 Å². The summed E-state index contributed by atoms with van der Waals surface area (Å²) in [6.45, 7) is 5.34. The summed E-state index contributed by atoms with van der Waals surface area (Å²) in [6, 6.07) is 11.4. The van der Waals surface area contributed by atoms with Gasteiger partial charge in [0.15, 0.2) is 0 Å². The molecule has 2 fully saturated rings. The molecule has 0 N–H and O–H groups in total. The zero-order chi connectivity index (χ0) is 29.4. The fraction of sp³-hybridized carbons (Fsp3) is 0.429. The molecular weight excluding hydrogens is 570 g/mol. The Bertz CT molecular complexity index is 1630. The predicted molar refractivity (Wildman–Crippen MR) is 157 cm³/mol. The minimum Gasteiger partial charge on any atom is -0.486 e. The number of ether oxygens (including phenoxy) is 1. The van der Waals surface area contributed by atoms with Gasteiger partial charge >= 0.3 is 5.56 Å². The van der Waals surface area contributed by atoms with E-state index < -0.39 is 20.5 Å². The lowest BCUT2D eigenvalue weighted by Gasteiger charge is -2.35. The van der Waals surface area contributed by atoms with Gasteiger partial charge in [-0.05, 0) is 43.0 Å². The normalized spacial score (nSPS) is 16.9. The largest absolute Gasteiger partial charge is 0.486 e. The Kier molecular flexibility index (Phi) is 8.09. The third-order valence-corrected chi connectivity index (χ3v) is 9.77. The number of hydrogen-bond acceptors (Lipinski definition) is 8. The van der Waals surface area contributed by atoms with E-state index in [9.17, 15) is 23.3 Å². The average molecular weight is 602 g/mol. The summed E-state index contributed by atoms with van der Waals surface area (Å²) in [6.07, 6.45) is 4.10. The standard InChI is InChI=1S/C28H32ClN5O6S/c1-3-21-8-7-20(15-24(21)34(36)37)18-41(38,39)32-13-11-31(12-14-32)25-17-30-33(23-6-4-5-22(29)16-23)27(35)26(25)40-19-28(2)9-10-28/h4-8,15-17H,3,9-14,18-19H2,1-2H3. The smallest absolute Gasteiger partial charge is 0.316 e. The number of anilines is 1. The van der Waals surface area contributed by atoms with Crippen molar-refractivity contribution < 1.29 is 18.1 Å². The van der Waals surface area contributed by atoms with Gasteiger partial charge in [0, 0.05) is 48.2 Å². The second-order valence-corrected chi connectivity index (χ2v) is 13.3. The van der Waals surface area contributed by atoms with Crippen molar-refractivity contribution in [2.45, 2.75) is 38.9 Å². The Labute approximate surface area is 243 Å². The van der Waals surface area contributed by atoms with Crippen molar-refractivity contribution in [2.24, 2.45) is 5.41 Å². The lowest BCUT2D eigenvalue weighted by Crippen LogP contribution is -2.49. The Morgan fingerprint density at radius 3 is 2.49 bits per heavy atom. The van der Waals surface area contributed by atoms with Crippen molar-refractivity contribution in [3.8, 4) is 11.4 Å². The summed E-state index contributed by atoms with van der Waals surface area (Å²) >= 11 is 6.14. The average Bonchev–Trinajstić information content (AvgIpc) is 3.69. The van der Waals surface area contributed by atoms with Crippen LogP contribution in [0.1, 0.15) is 37.8 Å². The summed E-state index contributed by atoms with van der Waals surface area (Å²) < 4.78 is 35.2.